The van der Waals surface area contributed by atoms with Gasteiger partial charge in [-0.05, 0) is 17.6 Å². The van der Waals surface area contributed by atoms with E-state index in [0.29, 0.717) is 5.56 Å². The van der Waals surface area contributed by atoms with Gasteiger partial charge in [-0.3, -0.25) is 4.55 Å². The highest BCUT2D eigenvalue weighted by molar-refractivity contribution is 7.91. The lowest BCUT2D eigenvalue weighted by atomic mass is 10.0. The second-order valence-electron chi connectivity index (χ2n) is 3.45. The highest BCUT2D eigenvalue weighted by atomic mass is 32.2. The van der Waals surface area contributed by atoms with Crippen LogP contribution < -0.4 is 0 Å². The molecule has 0 unspecified atom stereocenters. The topological polar surface area (TPSA) is 91.7 Å². The van der Waals surface area contributed by atoms with Crippen molar-refractivity contribution >= 4 is 21.7 Å². The minimum Gasteiger partial charge on any atom is -0.477 e. The van der Waals surface area contributed by atoms with E-state index in [1.807, 2.05) is 0 Å². The number of benzene rings is 1. The number of carboxylic acid groups (broad SMARTS) is 1. The van der Waals surface area contributed by atoms with E-state index in [9.17, 15) is 13.2 Å². The second-order valence-corrected chi connectivity index (χ2v) is 4.81. The first-order valence-corrected chi connectivity index (χ1v) is 6.42. The summed E-state index contributed by atoms with van der Waals surface area (Å²) in [6, 6.07) is 8.12. The summed E-state index contributed by atoms with van der Waals surface area (Å²) in [7, 11) is -4.80. The fraction of sp³-hybridized carbons (Fsp3) is 0.0833. The van der Waals surface area contributed by atoms with Crippen LogP contribution in [0.25, 0.3) is 5.57 Å². The van der Waals surface area contributed by atoms with Crippen LogP contribution in [0, 0.1) is 0 Å². The Balaban J connectivity index is 3.59. The van der Waals surface area contributed by atoms with Gasteiger partial charge in [0.15, 0.2) is 4.91 Å². The van der Waals surface area contributed by atoms with Crippen LogP contribution in [0.5, 0.6) is 0 Å². The molecule has 0 aliphatic carbocycles. The lowest BCUT2D eigenvalue weighted by Crippen LogP contribution is -2.14. The molecule has 5 nitrogen and oxygen atoms in total. The van der Waals surface area contributed by atoms with Gasteiger partial charge in [-0.15, -0.1) is 6.58 Å². The van der Waals surface area contributed by atoms with E-state index in [0.717, 1.165) is 0 Å². The third-order valence-corrected chi connectivity index (χ3v) is 3.13. The summed E-state index contributed by atoms with van der Waals surface area (Å²) in [6.45, 7) is 3.45. The van der Waals surface area contributed by atoms with E-state index >= 15 is 0 Å². The van der Waals surface area contributed by atoms with Crippen molar-refractivity contribution in [2.24, 2.45) is 0 Å². The van der Waals surface area contributed by atoms with E-state index in [4.69, 9.17) is 9.66 Å². The monoisotopic (exact) mass is 268 g/mol. The van der Waals surface area contributed by atoms with Gasteiger partial charge in [0.1, 0.15) is 0 Å². The molecule has 6 heteroatoms. The van der Waals surface area contributed by atoms with Crippen LogP contribution >= 0.6 is 0 Å². The molecule has 0 amide bonds. The number of aliphatic carboxylic acids is 1. The van der Waals surface area contributed by atoms with Crippen molar-refractivity contribution in [1.82, 2.24) is 0 Å². The zero-order valence-electron chi connectivity index (χ0n) is 9.41. The molecular formula is C12H12O5S. The Kier molecular flexibility index (Phi) is 4.41. The summed E-state index contributed by atoms with van der Waals surface area (Å²) in [5.74, 6) is -1.70. The fourth-order valence-electron chi connectivity index (χ4n) is 1.52. The van der Waals surface area contributed by atoms with Crippen molar-refractivity contribution in [3.05, 3.63) is 53.5 Å². The zero-order valence-corrected chi connectivity index (χ0v) is 10.2. The number of hydrogen-bond donors (Lipinski definition) is 2. The predicted octanol–water partition coefficient (Wildman–Crippen LogP) is 1.95. The van der Waals surface area contributed by atoms with Crippen LogP contribution in [0.15, 0.2) is 47.9 Å². The molecule has 1 rings (SSSR count). The third-order valence-electron chi connectivity index (χ3n) is 2.20. The standard InChI is InChI=1S/C12H12O5S/c1-2-6-10(9-7-4-3-5-8-9)11(12(13)14)18(15,16)17/h2-5,7-8H,1,6H2,(H,13,14)(H,15,16,17). The summed E-state index contributed by atoms with van der Waals surface area (Å²) in [4.78, 5) is 9.98. The molecule has 0 saturated carbocycles. The molecule has 0 atom stereocenters. The predicted molar refractivity (Wildman–Crippen MR) is 67.4 cm³/mol. The lowest BCUT2D eigenvalue weighted by molar-refractivity contribution is -0.131. The maximum Gasteiger partial charge on any atom is 0.350 e. The molecule has 2 N–H and O–H groups in total. The van der Waals surface area contributed by atoms with Crippen molar-refractivity contribution < 1.29 is 22.9 Å². The van der Waals surface area contributed by atoms with E-state index < -0.39 is 21.0 Å². The highest BCUT2D eigenvalue weighted by Gasteiger charge is 2.26. The maximum atomic E-state index is 11.1. The minimum atomic E-state index is -4.80. The largest absolute Gasteiger partial charge is 0.477 e. The van der Waals surface area contributed by atoms with Crippen molar-refractivity contribution in [2.45, 2.75) is 6.42 Å². The molecule has 0 aliphatic heterocycles. The first kappa shape index (κ1) is 14.1. The fourth-order valence-corrected chi connectivity index (χ4v) is 2.25. The molecule has 96 valence electrons. The summed E-state index contributed by atoms with van der Waals surface area (Å²) < 4.78 is 31.3. The van der Waals surface area contributed by atoms with Gasteiger partial charge in [-0.1, -0.05) is 36.4 Å². The van der Waals surface area contributed by atoms with Gasteiger partial charge in [-0.2, -0.15) is 8.42 Å². The normalized spacial score (nSPS) is 12.7. The first-order chi connectivity index (χ1) is 8.38. The summed E-state index contributed by atoms with van der Waals surface area (Å²) >= 11 is 0. The molecule has 1 aromatic rings. The smallest absolute Gasteiger partial charge is 0.350 e. The number of allylic oxidation sites excluding steroid dienone is 2. The van der Waals surface area contributed by atoms with Gasteiger partial charge in [0.05, 0.1) is 0 Å². The van der Waals surface area contributed by atoms with Crippen molar-refractivity contribution in [1.29, 1.82) is 0 Å². The van der Waals surface area contributed by atoms with E-state index in [2.05, 4.69) is 6.58 Å². The Morgan fingerprint density at radius 1 is 1.28 bits per heavy atom. The molecule has 0 radical (unpaired) electrons. The summed E-state index contributed by atoms with van der Waals surface area (Å²) in [5.41, 5.74) is 0.410. The maximum absolute atomic E-state index is 11.1. The Morgan fingerprint density at radius 2 is 1.83 bits per heavy atom. The average molecular weight is 268 g/mol. The van der Waals surface area contributed by atoms with Crippen LogP contribution in [0.4, 0.5) is 0 Å². The molecule has 0 aliphatic rings. The summed E-state index contributed by atoms with van der Waals surface area (Å²) in [5, 5.41) is 8.94. The van der Waals surface area contributed by atoms with Crippen LogP contribution in [-0.2, 0) is 14.9 Å². The molecule has 0 heterocycles. The van der Waals surface area contributed by atoms with E-state index in [1.165, 1.54) is 6.08 Å². The Bertz CT molecular complexity index is 584. The van der Waals surface area contributed by atoms with Gasteiger partial charge >= 0.3 is 16.1 Å². The molecule has 1 aromatic carbocycles. The van der Waals surface area contributed by atoms with Crippen LogP contribution in [0.1, 0.15) is 12.0 Å². The van der Waals surface area contributed by atoms with Crippen LogP contribution in [0.3, 0.4) is 0 Å². The number of hydrogen-bond acceptors (Lipinski definition) is 3. The van der Waals surface area contributed by atoms with Crippen LogP contribution in [0.2, 0.25) is 0 Å². The summed E-state index contributed by atoms with van der Waals surface area (Å²) in [6.07, 6.45) is 1.39. The van der Waals surface area contributed by atoms with Crippen molar-refractivity contribution in [3.8, 4) is 0 Å². The highest BCUT2D eigenvalue weighted by Crippen LogP contribution is 2.25. The zero-order chi connectivity index (χ0) is 13.8. The molecule has 0 aromatic heterocycles. The van der Waals surface area contributed by atoms with Gasteiger partial charge in [-0.25, -0.2) is 4.79 Å². The number of rotatable bonds is 5. The number of carbonyl (C=O) groups is 1. The Morgan fingerprint density at radius 3 is 2.22 bits per heavy atom. The Hall–Kier alpha value is -1.92. The third kappa shape index (κ3) is 3.28. The lowest BCUT2D eigenvalue weighted by Gasteiger charge is -2.09. The van der Waals surface area contributed by atoms with Gasteiger partial charge < -0.3 is 5.11 Å². The quantitative estimate of drug-likeness (QED) is 0.484. The van der Waals surface area contributed by atoms with Gasteiger partial charge in [0.25, 0.3) is 0 Å². The Labute approximate surface area is 105 Å². The SMILES string of the molecule is C=CCC(=C(C(=O)O)S(=O)(=O)O)c1ccccc1. The van der Waals surface area contributed by atoms with Gasteiger partial charge in [0, 0.05) is 0 Å². The molecule has 18 heavy (non-hydrogen) atoms. The average Bonchev–Trinajstić information content (AvgIpc) is 2.27. The molecule has 0 fully saturated rings. The molecular weight excluding hydrogens is 256 g/mol. The van der Waals surface area contributed by atoms with Gasteiger partial charge in [0.2, 0.25) is 0 Å². The number of carboxylic acids is 1. The first-order valence-electron chi connectivity index (χ1n) is 4.98. The molecule has 0 spiro atoms. The van der Waals surface area contributed by atoms with Crippen molar-refractivity contribution in [2.75, 3.05) is 0 Å². The van der Waals surface area contributed by atoms with Crippen molar-refractivity contribution in [3.63, 3.8) is 0 Å². The second kappa shape index (κ2) is 5.61. The minimum absolute atomic E-state index is 0.000556. The van der Waals surface area contributed by atoms with Crippen LogP contribution in [-0.4, -0.2) is 24.0 Å². The van der Waals surface area contributed by atoms with E-state index in [1.54, 1.807) is 30.3 Å². The molecule has 0 bridgehead atoms. The van der Waals surface area contributed by atoms with E-state index in [-0.39, 0.29) is 12.0 Å². The molecule has 0 saturated heterocycles.